The molecule has 0 N–H and O–H groups in total. The monoisotopic (exact) mass is 219 g/mol. The first-order chi connectivity index (χ1) is 7.83. The zero-order valence-electron chi connectivity index (χ0n) is 9.10. The first kappa shape index (κ1) is 10.8. The Hall–Kier alpha value is -1.73. The standard InChI is InChI=1S/C12H13NO3/c1-2-10(6-13)14-7-9-3-4-11-12(5-9)16-8-15-11/h3-5,10H,2,7-8H2,1H3. The van der Waals surface area contributed by atoms with Crippen molar-refractivity contribution in [2.75, 3.05) is 6.79 Å². The van der Waals surface area contributed by atoms with Crippen LogP contribution in [-0.2, 0) is 11.3 Å². The van der Waals surface area contributed by atoms with Gasteiger partial charge >= 0.3 is 0 Å². The minimum atomic E-state index is -0.342. The Kier molecular flexibility index (Phi) is 3.28. The fraction of sp³-hybridized carbons (Fsp3) is 0.417. The highest BCUT2D eigenvalue weighted by Gasteiger charge is 2.13. The largest absolute Gasteiger partial charge is 0.454 e. The summed E-state index contributed by atoms with van der Waals surface area (Å²) in [6.07, 6.45) is 0.353. The van der Waals surface area contributed by atoms with Crippen LogP contribution in [0.5, 0.6) is 11.5 Å². The van der Waals surface area contributed by atoms with Crippen molar-refractivity contribution in [3.05, 3.63) is 23.8 Å². The molecular weight excluding hydrogens is 206 g/mol. The first-order valence-electron chi connectivity index (χ1n) is 5.23. The molecule has 16 heavy (non-hydrogen) atoms. The van der Waals surface area contributed by atoms with Crippen LogP contribution in [0.1, 0.15) is 18.9 Å². The number of hydrogen-bond donors (Lipinski definition) is 0. The quantitative estimate of drug-likeness (QED) is 0.779. The van der Waals surface area contributed by atoms with Crippen molar-refractivity contribution in [1.29, 1.82) is 5.26 Å². The van der Waals surface area contributed by atoms with Crippen molar-refractivity contribution in [3.63, 3.8) is 0 Å². The average molecular weight is 219 g/mol. The Balaban J connectivity index is 1.98. The van der Waals surface area contributed by atoms with Gasteiger partial charge < -0.3 is 14.2 Å². The summed E-state index contributed by atoms with van der Waals surface area (Å²) in [5.41, 5.74) is 0.984. The molecular formula is C12H13NO3. The SMILES string of the molecule is CCC(C#N)OCc1ccc2c(c1)OCO2. The van der Waals surface area contributed by atoms with Gasteiger partial charge in [0.1, 0.15) is 6.10 Å². The number of fused-ring (bicyclic) bond motifs is 1. The Bertz CT molecular complexity index is 411. The van der Waals surface area contributed by atoms with E-state index in [1.807, 2.05) is 25.1 Å². The topological polar surface area (TPSA) is 51.5 Å². The highest BCUT2D eigenvalue weighted by Crippen LogP contribution is 2.32. The number of nitrogens with zero attached hydrogens (tertiary/aromatic N) is 1. The second kappa shape index (κ2) is 4.86. The molecule has 4 nitrogen and oxygen atoms in total. The van der Waals surface area contributed by atoms with Gasteiger partial charge in [-0.05, 0) is 24.1 Å². The fourth-order valence-electron chi connectivity index (χ4n) is 1.47. The van der Waals surface area contributed by atoms with Gasteiger partial charge in [0.15, 0.2) is 11.5 Å². The molecule has 1 aliphatic rings. The van der Waals surface area contributed by atoms with Crippen molar-refractivity contribution in [1.82, 2.24) is 0 Å². The van der Waals surface area contributed by atoms with E-state index in [1.54, 1.807) is 0 Å². The minimum absolute atomic E-state index is 0.273. The molecule has 1 aromatic rings. The van der Waals surface area contributed by atoms with Gasteiger partial charge in [-0.2, -0.15) is 5.26 Å². The van der Waals surface area contributed by atoms with Gasteiger partial charge in [0.2, 0.25) is 6.79 Å². The second-order valence-electron chi connectivity index (χ2n) is 3.52. The van der Waals surface area contributed by atoms with Crippen LogP contribution in [0.3, 0.4) is 0 Å². The smallest absolute Gasteiger partial charge is 0.231 e. The molecule has 0 aliphatic carbocycles. The minimum Gasteiger partial charge on any atom is -0.454 e. The normalized spacial score (nSPS) is 14.5. The number of benzene rings is 1. The highest BCUT2D eigenvalue weighted by molar-refractivity contribution is 5.44. The second-order valence-corrected chi connectivity index (χ2v) is 3.52. The van der Waals surface area contributed by atoms with Crippen LogP contribution in [0, 0.1) is 11.3 Å². The molecule has 0 bridgehead atoms. The van der Waals surface area contributed by atoms with E-state index in [0.717, 1.165) is 17.1 Å². The lowest BCUT2D eigenvalue weighted by Gasteiger charge is -2.08. The van der Waals surface area contributed by atoms with Crippen LogP contribution in [0.2, 0.25) is 0 Å². The molecule has 0 fully saturated rings. The van der Waals surface area contributed by atoms with E-state index in [-0.39, 0.29) is 12.9 Å². The van der Waals surface area contributed by atoms with Crippen molar-refractivity contribution in [3.8, 4) is 17.6 Å². The van der Waals surface area contributed by atoms with Crippen molar-refractivity contribution < 1.29 is 14.2 Å². The predicted molar refractivity (Wildman–Crippen MR) is 57.0 cm³/mol. The third-order valence-electron chi connectivity index (χ3n) is 2.40. The van der Waals surface area contributed by atoms with E-state index in [2.05, 4.69) is 6.07 Å². The Morgan fingerprint density at radius 3 is 3.00 bits per heavy atom. The summed E-state index contributed by atoms with van der Waals surface area (Å²) in [6, 6.07) is 7.75. The summed E-state index contributed by atoms with van der Waals surface area (Å²) in [7, 11) is 0. The molecule has 1 aromatic carbocycles. The summed E-state index contributed by atoms with van der Waals surface area (Å²) in [4.78, 5) is 0. The maximum absolute atomic E-state index is 8.74. The van der Waals surface area contributed by atoms with Gasteiger partial charge in [-0.1, -0.05) is 13.0 Å². The molecule has 84 valence electrons. The van der Waals surface area contributed by atoms with Crippen molar-refractivity contribution in [2.24, 2.45) is 0 Å². The van der Waals surface area contributed by atoms with Gasteiger partial charge in [0, 0.05) is 0 Å². The lowest BCUT2D eigenvalue weighted by molar-refractivity contribution is 0.0744. The Morgan fingerprint density at radius 1 is 1.44 bits per heavy atom. The van der Waals surface area contributed by atoms with Crippen LogP contribution in [0.25, 0.3) is 0 Å². The third kappa shape index (κ3) is 2.26. The highest BCUT2D eigenvalue weighted by atomic mass is 16.7. The molecule has 1 atom stereocenters. The Morgan fingerprint density at radius 2 is 2.25 bits per heavy atom. The molecule has 0 spiro atoms. The average Bonchev–Trinajstić information content (AvgIpc) is 2.77. The molecule has 1 unspecified atom stereocenters. The van der Waals surface area contributed by atoms with Crippen LogP contribution < -0.4 is 9.47 Å². The summed E-state index contributed by atoms with van der Waals surface area (Å²) in [5.74, 6) is 1.50. The molecule has 2 rings (SSSR count). The molecule has 0 radical (unpaired) electrons. The molecule has 0 amide bonds. The first-order valence-corrected chi connectivity index (χ1v) is 5.23. The molecule has 4 heteroatoms. The van der Waals surface area contributed by atoms with E-state index in [9.17, 15) is 0 Å². The van der Waals surface area contributed by atoms with Crippen molar-refractivity contribution in [2.45, 2.75) is 26.1 Å². The zero-order chi connectivity index (χ0) is 11.4. The van der Waals surface area contributed by atoms with Gasteiger partial charge in [-0.3, -0.25) is 0 Å². The third-order valence-corrected chi connectivity index (χ3v) is 2.40. The summed E-state index contributed by atoms with van der Waals surface area (Å²) in [5, 5.41) is 8.74. The lowest BCUT2D eigenvalue weighted by atomic mass is 10.2. The van der Waals surface area contributed by atoms with Crippen LogP contribution in [0.4, 0.5) is 0 Å². The Labute approximate surface area is 94.3 Å². The van der Waals surface area contributed by atoms with Crippen LogP contribution in [-0.4, -0.2) is 12.9 Å². The van der Waals surface area contributed by atoms with Gasteiger partial charge in [0.25, 0.3) is 0 Å². The molecule has 0 saturated carbocycles. The number of nitriles is 1. The number of rotatable bonds is 4. The van der Waals surface area contributed by atoms with Crippen LogP contribution >= 0.6 is 0 Å². The molecule has 1 aliphatic heterocycles. The van der Waals surface area contributed by atoms with Gasteiger partial charge in [-0.15, -0.1) is 0 Å². The van der Waals surface area contributed by atoms with E-state index in [4.69, 9.17) is 19.5 Å². The summed E-state index contributed by atoms with van der Waals surface area (Å²) < 4.78 is 15.9. The number of ether oxygens (including phenoxy) is 3. The van der Waals surface area contributed by atoms with Crippen molar-refractivity contribution >= 4 is 0 Å². The molecule has 1 heterocycles. The van der Waals surface area contributed by atoms with E-state index < -0.39 is 0 Å². The summed E-state index contributed by atoms with van der Waals surface area (Å²) >= 11 is 0. The predicted octanol–water partition coefficient (Wildman–Crippen LogP) is 2.23. The molecule has 0 aromatic heterocycles. The summed E-state index contributed by atoms with van der Waals surface area (Å²) in [6.45, 7) is 2.62. The number of hydrogen-bond acceptors (Lipinski definition) is 4. The van der Waals surface area contributed by atoms with E-state index in [0.29, 0.717) is 13.0 Å². The van der Waals surface area contributed by atoms with Gasteiger partial charge in [-0.25, -0.2) is 0 Å². The molecule has 0 saturated heterocycles. The van der Waals surface area contributed by atoms with Crippen LogP contribution in [0.15, 0.2) is 18.2 Å². The van der Waals surface area contributed by atoms with E-state index in [1.165, 1.54) is 0 Å². The van der Waals surface area contributed by atoms with Gasteiger partial charge in [0.05, 0.1) is 12.7 Å². The van der Waals surface area contributed by atoms with E-state index >= 15 is 0 Å². The maximum Gasteiger partial charge on any atom is 0.231 e. The zero-order valence-corrected chi connectivity index (χ0v) is 9.10. The lowest BCUT2D eigenvalue weighted by Crippen LogP contribution is -2.08. The fourth-order valence-corrected chi connectivity index (χ4v) is 1.47. The maximum atomic E-state index is 8.74.